The standard InChI is InChI=1S/C16H23AsClNO3/c1-16(2,3)22-15(20)19-8-6-12(7-9-19)21-14-5-4-11(17)10-13(14)18/h4-5,10,12H,6-9,17H2,1-3H3. The number of piperidine rings is 1. The van der Waals surface area contributed by atoms with Crippen LogP contribution in [0.1, 0.15) is 33.6 Å². The quantitative estimate of drug-likeness (QED) is 0.731. The average Bonchev–Trinajstić information content (AvgIpc) is 2.41. The predicted molar refractivity (Wildman–Crippen MR) is 91.1 cm³/mol. The van der Waals surface area contributed by atoms with Crippen molar-refractivity contribution in [1.29, 1.82) is 0 Å². The summed E-state index contributed by atoms with van der Waals surface area (Å²) in [7, 11) is 0. The van der Waals surface area contributed by atoms with E-state index in [1.54, 1.807) is 4.90 Å². The number of hydrogen-bond donors (Lipinski definition) is 0. The number of likely N-dealkylation sites (tertiary alicyclic amines) is 1. The predicted octanol–water partition coefficient (Wildman–Crippen LogP) is 2.38. The van der Waals surface area contributed by atoms with Crippen molar-refractivity contribution in [2.75, 3.05) is 13.1 Å². The number of benzene rings is 1. The molecule has 0 aliphatic carbocycles. The van der Waals surface area contributed by atoms with Gasteiger partial charge in [-0.05, 0) is 20.8 Å². The van der Waals surface area contributed by atoms with Crippen molar-refractivity contribution in [3.05, 3.63) is 23.2 Å². The Labute approximate surface area is 145 Å². The van der Waals surface area contributed by atoms with Gasteiger partial charge in [-0.2, -0.15) is 0 Å². The van der Waals surface area contributed by atoms with Crippen LogP contribution in [-0.4, -0.2) is 52.6 Å². The number of rotatable bonds is 2. The van der Waals surface area contributed by atoms with Gasteiger partial charge in [0.05, 0.1) is 0 Å². The van der Waals surface area contributed by atoms with Gasteiger partial charge in [-0.25, -0.2) is 0 Å². The van der Waals surface area contributed by atoms with E-state index in [1.807, 2.05) is 39.0 Å². The maximum absolute atomic E-state index is 12.0. The third-order valence-electron chi connectivity index (χ3n) is 3.34. The molecule has 0 radical (unpaired) electrons. The summed E-state index contributed by atoms with van der Waals surface area (Å²) in [5, 5.41) is 0.649. The topological polar surface area (TPSA) is 38.8 Å². The molecule has 122 valence electrons. The normalized spacial score (nSPS) is 16.5. The molecule has 1 aliphatic heterocycles. The Hall–Kier alpha value is -0.862. The molecule has 1 aromatic rings. The summed E-state index contributed by atoms with van der Waals surface area (Å²) in [6, 6.07) is 5.85. The third kappa shape index (κ3) is 5.10. The Balaban J connectivity index is 1.86. The summed E-state index contributed by atoms with van der Waals surface area (Å²) < 4.78 is 12.5. The number of nitrogens with zero attached hydrogens (tertiary/aromatic N) is 1. The van der Waals surface area contributed by atoms with Crippen LogP contribution in [0.4, 0.5) is 4.79 Å². The minimum atomic E-state index is -0.457. The van der Waals surface area contributed by atoms with E-state index in [-0.39, 0.29) is 12.2 Å². The maximum atomic E-state index is 12.0. The van der Waals surface area contributed by atoms with E-state index in [0.717, 1.165) is 18.6 Å². The zero-order valence-corrected chi connectivity index (χ0v) is 16.4. The van der Waals surface area contributed by atoms with Gasteiger partial charge in [0.2, 0.25) is 0 Å². The molecule has 1 heterocycles. The second-order valence-corrected chi connectivity index (χ2v) is 8.28. The minimum absolute atomic E-state index is 0.0874. The van der Waals surface area contributed by atoms with Gasteiger partial charge < -0.3 is 0 Å². The zero-order valence-electron chi connectivity index (χ0n) is 13.3. The van der Waals surface area contributed by atoms with Gasteiger partial charge in [-0.15, -0.1) is 0 Å². The molecular formula is C16H23AsClNO3. The first-order valence-electron chi connectivity index (χ1n) is 7.44. The molecule has 1 unspecified atom stereocenters. The Morgan fingerprint density at radius 2 is 1.95 bits per heavy atom. The molecule has 2 rings (SSSR count). The summed E-state index contributed by atoms with van der Waals surface area (Å²) in [5.41, 5.74) is -0.457. The van der Waals surface area contributed by atoms with Crippen LogP contribution in [0.25, 0.3) is 0 Å². The Morgan fingerprint density at radius 3 is 2.50 bits per heavy atom. The SMILES string of the molecule is CC(C)(C)OC(=O)N1CCC(Oc2ccc([AsH2])cc2Cl)CC1. The van der Waals surface area contributed by atoms with Crippen molar-refractivity contribution >= 4 is 38.9 Å². The molecule has 0 N–H and O–H groups in total. The van der Waals surface area contributed by atoms with Crippen LogP contribution in [-0.2, 0) is 4.74 Å². The fourth-order valence-electron chi connectivity index (χ4n) is 2.27. The summed E-state index contributed by atoms with van der Waals surface area (Å²) in [4.78, 5) is 13.8. The van der Waals surface area contributed by atoms with Crippen LogP contribution in [0.2, 0.25) is 5.02 Å². The van der Waals surface area contributed by atoms with Gasteiger partial charge in [0, 0.05) is 0 Å². The van der Waals surface area contributed by atoms with Crippen molar-refractivity contribution < 1.29 is 14.3 Å². The van der Waals surface area contributed by atoms with Crippen LogP contribution in [0, 0.1) is 0 Å². The molecule has 1 fully saturated rings. The van der Waals surface area contributed by atoms with E-state index in [2.05, 4.69) is 0 Å². The van der Waals surface area contributed by atoms with Crippen LogP contribution in [0.15, 0.2) is 18.2 Å². The fourth-order valence-corrected chi connectivity index (χ4v) is 3.28. The van der Waals surface area contributed by atoms with E-state index in [1.165, 1.54) is 21.2 Å². The van der Waals surface area contributed by atoms with E-state index >= 15 is 0 Å². The number of amides is 1. The molecule has 6 heteroatoms. The second kappa shape index (κ2) is 7.14. The van der Waals surface area contributed by atoms with Gasteiger partial charge in [0.25, 0.3) is 0 Å². The van der Waals surface area contributed by atoms with Gasteiger partial charge in [-0.1, -0.05) is 0 Å². The average molecular weight is 388 g/mol. The van der Waals surface area contributed by atoms with E-state index in [9.17, 15) is 4.79 Å². The van der Waals surface area contributed by atoms with Crippen molar-refractivity contribution in [3.8, 4) is 5.75 Å². The van der Waals surface area contributed by atoms with Crippen LogP contribution in [0.3, 0.4) is 0 Å². The summed E-state index contributed by atoms with van der Waals surface area (Å²) in [5.74, 6) is 0.721. The van der Waals surface area contributed by atoms with Crippen molar-refractivity contribution in [2.45, 2.75) is 45.3 Å². The van der Waals surface area contributed by atoms with Crippen molar-refractivity contribution in [2.24, 2.45) is 0 Å². The van der Waals surface area contributed by atoms with Gasteiger partial charge in [0.1, 0.15) is 0 Å². The summed E-state index contributed by atoms with van der Waals surface area (Å²) >= 11 is 7.74. The van der Waals surface area contributed by atoms with Crippen molar-refractivity contribution in [3.63, 3.8) is 0 Å². The van der Waals surface area contributed by atoms with E-state index in [4.69, 9.17) is 21.1 Å². The van der Waals surface area contributed by atoms with Crippen LogP contribution < -0.4 is 9.09 Å². The molecule has 0 bridgehead atoms. The monoisotopic (exact) mass is 387 g/mol. The molecule has 1 atom stereocenters. The first kappa shape index (κ1) is 17.5. The summed E-state index contributed by atoms with van der Waals surface area (Å²) in [6.45, 7) is 6.92. The van der Waals surface area contributed by atoms with E-state index < -0.39 is 5.60 Å². The molecule has 1 aliphatic rings. The second-order valence-electron chi connectivity index (χ2n) is 6.47. The molecular weight excluding hydrogens is 365 g/mol. The number of ether oxygens (including phenoxy) is 2. The zero-order chi connectivity index (χ0) is 16.3. The number of carbonyl (C=O) groups excluding carboxylic acids is 1. The molecule has 1 amide bonds. The van der Waals surface area contributed by atoms with Gasteiger partial charge >= 0.3 is 125 Å². The van der Waals surface area contributed by atoms with E-state index in [0.29, 0.717) is 18.1 Å². The van der Waals surface area contributed by atoms with Gasteiger partial charge in [0.15, 0.2) is 0 Å². The molecule has 0 aromatic heterocycles. The molecule has 1 saturated heterocycles. The number of carbonyl (C=O) groups is 1. The van der Waals surface area contributed by atoms with Crippen LogP contribution >= 0.6 is 11.6 Å². The van der Waals surface area contributed by atoms with Crippen molar-refractivity contribution in [1.82, 2.24) is 4.90 Å². The molecule has 1 aromatic carbocycles. The molecule has 0 spiro atoms. The molecule has 22 heavy (non-hydrogen) atoms. The summed E-state index contributed by atoms with van der Waals surface area (Å²) in [6.07, 6.45) is 1.41. The van der Waals surface area contributed by atoms with Gasteiger partial charge in [-0.3, -0.25) is 0 Å². The molecule has 0 saturated carbocycles. The first-order chi connectivity index (χ1) is 10.2. The Kier molecular flexibility index (Phi) is 5.68. The fraction of sp³-hybridized carbons (Fsp3) is 0.562. The Bertz CT molecular complexity index is 537. The Morgan fingerprint density at radius 1 is 1.32 bits per heavy atom. The molecule has 4 nitrogen and oxygen atoms in total. The van der Waals surface area contributed by atoms with Crippen LogP contribution in [0.5, 0.6) is 5.75 Å². The number of halogens is 1. The first-order valence-corrected chi connectivity index (χ1v) is 9.03. The number of hydrogen-bond acceptors (Lipinski definition) is 3. The third-order valence-corrected chi connectivity index (χ3v) is 4.39.